The molecule has 1 amide bonds. The minimum absolute atomic E-state index is 0.0157. The van der Waals surface area contributed by atoms with E-state index >= 15 is 0 Å². The van der Waals surface area contributed by atoms with E-state index in [1.165, 1.54) is 12.1 Å². The van der Waals surface area contributed by atoms with Gasteiger partial charge in [-0.2, -0.15) is 5.10 Å². The standard InChI is InChI=1S/C23H27FN6O/c1-14(2)21-23(31)28-20-15(3)26-19(27-22(20)29(21)4)10-7-17-11-25-30(13-17)12-16-5-8-18(24)9-6-16/h5-6,8-9,11,13-14,21H,7,10,12H2,1-4H3,(H,28,31)/t21-/m0/s1. The van der Waals surface area contributed by atoms with E-state index in [4.69, 9.17) is 4.98 Å². The molecule has 31 heavy (non-hydrogen) atoms. The van der Waals surface area contributed by atoms with Crippen LogP contribution in [0.3, 0.4) is 0 Å². The molecule has 1 atom stereocenters. The fraction of sp³-hybridized carbons (Fsp3) is 0.391. The summed E-state index contributed by atoms with van der Waals surface area (Å²) in [6.07, 6.45) is 5.27. The van der Waals surface area contributed by atoms with Crippen LogP contribution in [0.25, 0.3) is 0 Å². The van der Waals surface area contributed by atoms with Crippen molar-refractivity contribution < 1.29 is 9.18 Å². The molecule has 1 aromatic carbocycles. The van der Waals surface area contributed by atoms with Crippen LogP contribution in [-0.2, 0) is 24.2 Å². The largest absolute Gasteiger partial charge is 0.346 e. The van der Waals surface area contributed by atoms with Crippen molar-refractivity contribution in [2.75, 3.05) is 17.3 Å². The van der Waals surface area contributed by atoms with Crippen LogP contribution in [0.2, 0.25) is 0 Å². The number of hydrogen-bond acceptors (Lipinski definition) is 5. The first kappa shape index (κ1) is 21.0. The second kappa shape index (κ2) is 8.45. The first-order chi connectivity index (χ1) is 14.8. The maximum absolute atomic E-state index is 13.1. The Morgan fingerprint density at radius 3 is 2.58 bits per heavy atom. The Morgan fingerprint density at radius 2 is 1.87 bits per heavy atom. The molecule has 8 heteroatoms. The van der Waals surface area contributed by atoms with Crippen LogP contribution < -0.4 is 10.2 Å². The fourth-order valence-corrected chi connectivity index (χ4v) is 4.04. The van der Waals surface area contributed by atoms with Gasteiger partial charge in [0.1, 0.15) is 23.4 Å². The second-order valence-corrected chi connectivity index (χ2v) is 8.39. The third-order valence-corrected chi connectivity index (χ3v) is 5.60. The van der Waals surface area contributed by atoms with Crippen LogP contribution in [-0.4, -0.2) is 38.7 Å². The highest BCUT2D eigenvalue weighted by molar-refractivity contribution is 6.03. The summed E-state index contributed by atoms with van der Waals surface area (Å²) in [6, 6.07) is 6.19. The van der Waals surface area contributed by atoms with E-state index in [2.05, 4.69) is 15.4 Å². The zero-order chi connectivity index (χ0) is 22.1. The Balaban J connectivity index is 1.46. The van der Waals surface area contributed by atoms with E-state index in [1.54, 1.807) is 12.1 Å². The lowest BCUT2D eigenvalue weighted by Crippen LogP contribution is -2.49. The quantitative estimate of drug-likeness (QED) is 0.659. The van der Waals surface area contributed by atoms with Gasteiger partial charge in [-0.25, -0.2) is 14.4 Å². The van der Waals surface area contributed by atoms with E-state index in [0.29, 0.717) is 18.7 Å². The van der Waals surface area contributed by atoms with Crippen molar-refractivity contribution in [2.24, 2.45) is 5.92 Å². The summed E-state index contributed by atoms with van der Waals surface area (Å²) in [6.45, 7) is 6.55. The van der Waals surface area contributed by atoms with E-state index in [-0.39, 0.29) is 23.7 Å². The van der Waals surface area contributed by atoms with Crippen LogP contribution >= 0.6 is 0 Å². The molecule has 0 unspecified atom stereocenters. The van der Waals surface area contributed by atoms with Gasteiger partial charge in [-0.1, -0.05) is 26.0 Å². The predicted molar refractivity (Wildman–Crippen MR) is 118 cm³/mol. The van der Waals surface area contributed by atoms with Crippen molar-refractivity contribution in [2.45, 2.75) is 46.2 Å². The summed E-state index contributed by atoms with van der Waals surface area (Å²) in [4.78, 5) is 23.8. The number of likely N-dealkylation sites (N-methyl/N-ethyl adjacent to an activating group) is 1. The molecule has 2 aromatic heterocycles. The Labute approximate surface area is 181 Å². The SMILES string of the molecule is Cc1nc(CCc2cnn(Cc3ccc(F)cc3)c2)nc2c1NC(=O)[C@H](C(C)C)N2C. The zero-order valence-corrected chi connectivity index (χ0v) is 18.3. The molecule has 3 heterocycles. The van der Waals surface area contributed by atoms with E-state index < -0.39 is 0 Å². The van der Waals surface area contributed by atoms with Crippen LogP contribution in [0.1, 0.15) is 36.5 Å². The van der Waals surface area contributed by atoms with Crippen molar-refractivity contribution in [3.8, 4) is 0 Å². The van der Waals surface area contributed by atoms with Gasteiger partial charge in [0.2, 0.25) is 5.91 Å². The minimum atomic E-state index is -0.251. The molecule has 0 bridgehead atoms. The van der Waals surface area contributed by atoms with Crippen LogP contribution in [0.5, 0.6) is 0 Å². The molecule has 1 N–H and O–H groups in total. The lowest BCUT2D eigenvalue weighted by molar-refractivity contribution is -0.118. The monoisotopic (exact) mass is 422 g/mol. The molecule has 0 saturated heterocycles. The smallest absolute Gasteiger partial charge is 0.247 e. The van der Waals surface area contributed by atoms with Crippen LogP contribution in [0, 0.1) is 18.7 Å². The summed E-state index contributed by atoms with van der Waals surface area (Å²) in [5, 5.41) is 7.39. The molecule has 4 rings (SSSR count). The fourth-order valence-electron chi connectivity index (χ4n) is 4.04. The lowest BCUT2D eigenvalue weighted by atomic mass is 9.99. The molecular formula is C23H27FN6O. The number of halogens is 1. The summed E-state index contributed by atoms with van der Waals surface area (Å²) < 4.78 is 14.9. The Kier molecular flexibility index (Phi) is 5.71. The first-order valence-corrected chi connectivity index (χ1v) is 10.5. The van der Waals surface area contributed by atoms with Gasteiger partial charge in [0, 0.05) is 19.7 Å². The van der Waals surface area contributed by atoms with Gasteiger partial charge in [0.15, 0.2) is 5.82 Å². The number of nitrogens with one attached hydrogen (secondary N) is 1. The van der Waals surface area contributed by atoms with Crippen molar-refractivity contribution in [1.82, 2.24) is 19.7 Å². The predicted octanol–water partition coefficient (Wildman–Crippen LogP) is 3.37. The normalized spacial score (nSPS) is 15.9. The average molecular weight is 423 g/mol. The highest BCUT2D eigenvalue weighted by Crippen LogP contribution is 2.33. The van der Waals surface area contributed by atoms with E-state index in [0.717, 1.165) is 34.9 Å². The number of benzene rings is 1. The highest BCUT2D eigenvalue weighted by atomic mass is 19.1. The molecule has 0 radical (unpaired) electrons. The summed E-state index contributed by atoms with van der Waals surface area (Å²) in [5.41, 5.74) is 3.55. The number of amides is 1. The van der Waals surface area contributed by atoms with Gasteiger partial charge < -0.3 is 10.2 Å². The van der Waals surface area contributed by atoms with Crippen molar-refractivity contribution in [3.63, 3.8) is 0 Å². The Hall–Kier alpha value is -3.29. The molecule has 0 fully saturated rings. The van der Waals surface area contributed by atoms with E-state index in [1.807, 2.05) is 49.8 Å². The van der Waals surface area contributed by atoms with Crippen molar-refractivity contribution in [3.05, 3.63) is 65.1 Å². The topological polar surface area (TPSA) is 75.9 Å². The van der Waals surface area contributed by atoms with Crippen molar-refractivity contribution >= 4 is 17.4 Å². The third-order valence-electron chi connectivity index (χ3n) is 5.60. The van der Waals surface area contributed by atoms with Gasteiger partial charge >= 0.3 is 0 Å². The lowest BCUT2D eigenvalue weighted by Gasteiger charge is -2.36. The molecule has 1 aliphatic rings. The number of rotatable bonds is 6. The summed E-state index contributed by atoms with van der Waals surface area (Å²) in [5.74, 6) is 1.43. The molecule has 0 spiro atoms. The van der Waals surface area contributed by atoms with Crippen molar-refractivity contribution in [1.29, 1.82) is 0 Å². The summed E-state index contributed by atoms with van der Waals surface area (Å²) in [7, 11) is 1.91. The summed E-state index contributed by atoms with van der Waals surface area (Å²) >= 11 is 0. The second-order valence-electron chi connectivity index (χ2n) is 8.39. The number of aryl methyl sites for hydroxylation is 3. The molecule has 0 aliphatic carbocycles. The number of carbonyl (C=O) groups is 1. The first-order valence-electron chi connectivity index (χ1n) is 10.5. The van der Waals surface area contributed by atoms with E-state index in [9.17, 15) is 9.18 Å². The third kappa shape index (κ3) is 4.42. The van der Waals surface area contributed by atoms with Gasteiger partial charge in [-0.3, -0.25) is 9.48 Å². The van der Waals surface area contributed by atoms with Crippen LogP contribution in [0.4, 0.5) is 15.9 Å². The van der Waals surface area contributed by atoms with Crippen LogP contribution in [0.15, 0.2) is 36.7 Å². The molecular weight excluding hydrogens is 395 g/mol. The molecule has 162 valence electrons. The number of carbonyl (C=O) groups excluding carboxylic acids is 1. The molecule has 1 aliphatic heterocycles. The minimum Gasteiger partial charge on any atom is -0.346 e. The highest BCUT2D eigenvalue weighted by Gasteiger charge is 2.35. The number of nitrogens with zero attached hydrogens (tertiary/aromatic N) is 5. The van der Waals surface area contributed by atoms with Gasteiger partial charge in [-0.15, -0.1) is 0 Å². The molecule has 0 saturated carbocycles. The maximum Gasteiger partial charge on any atom is 0.247 e. The Morgan fingerprint density at radius 1 is 1.13 bits per heavy atom. The maximum atomic E-state index is 13.1. The molecule has 3 aromatic rings. The van der Waals surface area contributed by atoms with Gasteiger partial charge in [0.25, 0.3) is 0 Å². The number of anilines is 2. The van der Waals surface area contributed by atoms with Gasteiger partial charge in [-0.05, 0) is 42.5 Å². The average Bonchev–Trinajstić information content (AvgIpc) is 3.16. The number of aromatic nitrogens is 4. The Bertz CT molecular complexity index is 1090. The number of fused-ring (bicyclic) bond motifs is 1. The molecule has 7 nitrogen and oxygen atoms in total. The zero-order valence-electron chi connectivity index (χ0n) is 18.3. The number of hydrogen-bond donors (Lipinski definition) is 1. The van der Waals surface area contributed by atoms with Gasteiger partial charge in [0.05, 0.1) is 18.4 Å².